The van der Waals surface area contributed by atoms with Crippen LogP contribution in [0.3, 0.4) is 0 Å². The van der Waals surface area contributed by atoms with Gasteiger partial charge >= 0.3 is 11.9 Å². The van der Waals surface area contributed by atoms with Crippen LogP contribution >= 0.6 is 0 Å². The number of aliphatic carboxylic acids is 2. The molecule has 164 valence electrons. The van der Waals surface area contributed by atoms with E-state index in [-0.39, 0.29) is 5.60 Å². The first-order valence-corrected chi connectivity index (χ1v) is 10.3. The third kappa shape index (κ3) is 5.42. The van der Waals surface area contributed by atoms with Gasteiger partial charge < -0.3 is 19.5 Å². The molecule has 2 N–H and O–H groups in total. The van der Waals surface area contributed by atoms with Gasteiger partial charge in [-0.3, -0.25) is 4.99 Å². The first-order chi connectivity index (χ1) is 14.5. The zero-order chi connectivity index (χ0) is 22.8. The number of ether oxygens (including phenoxy) is 1. The predicted octanol–water partition coefficient (Wildman–Crippen LogP) is 3.97. The largest absolute Gasteiger partial charge is 0.488 e. The van der Waals surface area contributed by atoms with Crippen LogP contribution in [0.5, 0.6) is 5.75 Å². The number of carboxylic acids is 2. The van der Waals surface area contributed by atoms with Crippen molar-refractivity contribution in [2.24, 2.45) is 4.99 Å². The number of aryl methyl sites for hydroxylation is 2. The first-order valence-electron chi connectivity index (χ1n) is 10.3. The van der Waals surface area contributed by atoms with Gasteiger partial charge in [0.2, 0.25) is 0 Å². The summed E-state index contributed by atoms with van der Waals surface area (Å²) in [6.07, 6.45) is 3.31. The molecule has 31 heavy (non-hydrogen) atoms. The Bertz CT molecular complexity index is 1050. The first kappa shape index (κ1) is 22.3. The second-order valence-corrected chi connectivity index (χ2v) is 8.57. The van der Waals surface area contributed by atoms with Crippen molar-refractivity contribution in [3.05, 3.63) is 53.2 Å². The molecule has 0 atom stereocenters. The minimum Gasteiger partial charge on any atom is -0.488 e. The highest BCUT2D eigenvalue weighted by molar-refractivity contribution is 5.99. The lowest BCUT2D eigenvalue weighted by atomic mass is 9.90. The van der Waals surface area contributed by atoms with Gasteiger partial charge in [-0.1, -0.05) is 0 Å². The fraction of sp³-hybridized carbons (Fsp3) is 0.375. The van der Waals surface area contributed by atoms with E-state index in [2.05, 4.69) is 61.5 Å². The number of aliphatic imine (C=N–C) groups is 1. The maximum atomic E-state index is 9.55. The summed E-state index contributed by atoms with van der Waals surface area (Å²) in [4.78, 5) is 23.7. The molecule has 2 heterocycles. The van der Waals surface area contributed by atoms with E-state index in [1.807, 2.05) is 0 Å². The Kier molecular flexibility index (Phi) is 6.34. The van der Waals surface area contributed by atoms with Gasteiger partial charge in [-0.15, -0.1) is 0 Å². The van der Waals surface area contributed by atoms with Crippen molar-refractivity contribution in [1.82, 2.24) is 4.57 Å². The quantitative estimate of drug-likeness (QED) is 0.726. The minimum absolute atomic E-state index is 0.157. The number of hydrogen-bond acceptors (Lipinski definition) is 4. The summed E-state index contributed by atoms with van der Waals surface area (Å²) in [5.74, 6) is -1.54. The van der Waals surface area contributed by atoms with E-state index in [0.717, 1.165) is 31.7 Å². The third-order valence-corrected chi connectivity index (χ3v) is 5.01. The van der Waals surface area contributed by atoms with Gasteiger partial charge in [-0.2, -0.15) is 0 Å². The van der Waals surface area contributed by atoms with E-state index in [9.17, 15) is 9.59 Å². The highest BCUT2D eigenvalue weighted by Gasteiger charge is 2.25. The fourth-order valence-corrected chi connectivity index (χ4v) is 3.88. The molecule has 7 heteroatoms. The molecule has 1 aromatic heterocycles. The molecule has 0 bridgehead atoms. The highest BCUT2D eigenvalue weighted by atomic mass is 16.5. The Morgan fingerprint density at radius 2 is 1.71 bits per heavy atom. The number of carbonyl (C=O) groups is 2. The van der Waals surface area contributed by atoms with Crippen molar-refractivity contribution in [1.29, 1.82) is 0 Å². The second-order valence-electron chi connectivity index (χ2n) is 8.57. The predicted molar refractivity (Wildman–Crippen MR) is 119 cm³/mol. The van der Waals surface area contributed by atoms with Gasteiger partial charge in [0.25, 0.3) is 0 Å². The van der Waals surface area contributed by atoms with Gasteiger partial charge in [-0.25, -0.2) is 9.59 Å². The van der Waals surface area contributed by atoms with Crippen LogP contribution < -0.4 is 4.74 Å². The Morgan fingerprint density at radius 3 is 2.32 bits per heavy atom. The van der Waals surface area contributed by atoms with Crippen LogP contribution in [0.25, 0.3) is 11.3 Å². The van der Waals surface area contributed by atoms with Crippen molar-refractivity contribution in [3.63, 3.8) is 0 Å². The van der Waals surface area contributed by atoms with Crippen molar-refractivity contribution >= 4 is 17.7 Å². The van der Waals surface area contributed by atoms with Crippen LogP contribution in [0.4, 0.5) is 0 Å². The number of carboxylic acid groups (broad SMARTS) is 2. The van der Waals surface area contributed by atoms with Gasteiger partial charge in [0.05, 0.1) is 23.6 Å². The second kappa shape index (κ2) is 8.79. The maximum Gasteiger partial charge on any atom is 0.328 e. The molecular formula is C24H28N2O5. The molecule has 1 aliphatic heterocycles. The molecule has 0 spiro atoms. The maximum absolute atomic E-state index is 9.55. The Balaban J connectivity index is 0.000000293. The summed E-state index contributed by atoms with van der Waals surface area (Å²) >= 11 is 0. The Hall–Kier alpha value is -3.35. The monoisotopic (exact) mass is 424 g/mol. The Labute approximate surface area is 181 Å². The van der Waals surface area contributed by atoms with Crippen molar-refractivity contribution < 1.29 is 24.5 Å². The molecule has 0 unspecified atom stereocenters. The van der Waals surface area contributed by atoms with Gasteiger partial charge in [0.1, 0.15) is 11.4 Å². The van der Waals surface area contributed by atoms with Gasteiger partial charge in [0.15, 0.2) is 0 Å². The molecule has 0 saturated heterocycles. The molecule has 0 fully saturated rings. The van der Waals surface area contributed by atoms with E-state index in [1.165, 1.54) is 33.8 Å². The zero-order valence-corrected chi connectivity index (χ0v) is 18.3. The van der Waals surface area contributed by atoms with Gasteiger partial charge in [0, 0.05) is 24.3 Å². The summed E-state index contributed by atoms with van der Waals surface area (Å²) in [5, 5.41) is 15.6. The fourth-order valence-electron chi connectivity index (χ4n) is 3.88. The average Bonchev–Trinajstić information content (AvgIpc) is 3.06. The number of benzene rings is 1. The molecule has 4 rings (SSSR count). The van der Waals surface area contributed by atoms with Crippen LogP contribution in [0.2, 0.25) is 0 Å². The molecule has 7 nitrogen and oxygen atoms in total. The van der Waals surface area contributed by atoms with Gasteiger partial charge in [-0.05, 0) is 75.9 Å². The number of aromatic nitrogens is 1. The lowest BCUT2D eigenvalue weighted by molar-refractivity contribution is -0.134. The molecule has 0 saturated carbocycles. The van der Waals surface area contributed by atoms with E-state index >= 15 is 0 Å². The van der Waals surface area contributed by atoms with Crippen LogP contribution in [0, 0.1) is 0 Å². The van der Waals surface area contributed by atoms with Crippen LogP contribution in [0.1, 0.15) is 44.5 Å². The molecule has 0 radical (unpaired) electrons. The van der Waals surface area contributed by atoms with E-state index < -0.39 is 11.9 Å². The van der Waals surface area contributed by atoms with Crippen LogP contribution in [0.15, 0.2) is 41.4 Å². The number of fused-ring (bicyclic) bond motifs is 5. The Morgan fingerprint density at radius 1 is 1.06 bits per heavy atom. The lowest BCUT2D eigenvalue weighted by Crippen LogP contribution is -2.23. The standard InChI is InChI=1S/C20H24N2O.C4H4O4/c1-13-18-12-15-6-5-14-11-16(23-20(2,3)4)7-8-17(14)19(15)22(18)10-9-21-13;5-3(6)1-2-4(7)8/h7-8,11-12H,5-6,9-10H2,1-4H3;1-2H,(H,5,6)(H,7,8). The molecule has 1 aliphatic carbocycles. The van der Waals surface area contributed by atoms with Crippen molar-refractivity contribution in [3.8, 4) is 17.0 Å². The van der Waals surface area contributed by atoms with Crippen molar-refractivity contribution in [2.75, 3.05) is 6.54 Å². The summed E-state index contributed by atoms with van der Waals surface area (Å²) in [5.41, 5.74) is 7.94. The third-order valence-electron chi connectivity index (χ3n) is 5.01. The number of nitrogens with zero attached hydrogens (tertiary/aromatic N) is 2. The van der Waals surface area contributed by atoms with E-state index in [4.69, 9.17) is 14.9 Å². The van der Waals surface area contributed by atoms with E-state index in [0.29, 0.717) is 12.2 Å². The summed E-state index contributed by atoms with van der Waals surface area (Å²) in [6, 6.07) is 8.93. The van der Waals surface area contributed by atoms with Crippen LogP contribution in [-0.2, 0) is 29.0 Å². The smallest absolute Gasteiger partial charge is 0.328 e. The summed E-state index contributed by atoms with van der Waals surface area (Å²) < 4.78 is 8.50. The topological polar surface area (TPSA) is 101 Å². The molecular weight excluding hydrogens is 396 g/mol. The summed E-state index contributed by atoms with van der Waals surface area (Å²) in [6.45, 7) is 10.3. The van der Waals surface area contributed by atoms with E-state index in [1.54, 1.807) is 0 Å². The minimum atomic E-state index is -1.26. The molecule has 2 aliphatic rings. The molecule has 2 aromatic rings. The molecule has 1 aromatic carbocycles. The number of rotatable bonds is 3. The van der Waals surface area contributed by atoms with Crippen LogP contribution in [-0.4, -0.2) is 44.6 Å². The SMILES string of the molecule is CC1=NCCn2c1cc1c2-c2ccc(OC(C)(C)C)cc2CC1.O=C(O)C=CC(=O)O. The van der Waals surface area contributed by atoms with Crippen molar-refractivity contribution in [2.45, 2.75) is 52.7 Å². The molecule has 0 amide bonds. The summed E-state index contributed by atoms with van der Waals surface area (Å²) in [7, 11) is 0. The number of hydrogen-bond donors (Lipinski definition) is 2. The highest BCUT2D eigenvalue weighted by Crippen LogP contribution is 2.38. The normalized spacial score (nSPS) is 14.5. The lowest BCUT2D eigenvalue weighted by Gasteiger charge is -2.25. The average molecular weight is 424 g/mol. The zero-order valence-electron chi connectivity index (χ0n) is 18.3.